The zero-order valence-electron chi connectivity index (χ0n) is 13.0. The van der Waals surface area contributed by atoms with Crippen LogP contribution in [0.1, 0.15) is 38.5 Å². The maximum Gasteiger partial charge on any atom is 0.170 e. The summed E-state index contributed by atoms with van der Waals surface area (Å²) >= 11 is 0. The van der Waals surface area contributed by atoms with Crippen molar-refractivity contribution < 1.29 is 9.47 Å². The highest BCUT2D eigenvalue weighted by molar-refractivity contribution is 4.97. The van der Waals surface area contributed by atoms with Crippen molar-refractivity contribution in [1.29, 1.82) is 0 Å². The minimum absolute atomic E-state index is 0.274. The van der Waals surface area contributed by atoms with Gasteiger partial charge in [-0.15, -0.1) is 0 Å². The first-order valence-electron chi connectivity index (χ1n) is 8.77. The van der Waals surface area contributed by atoms with Crippen LogP contribution in [-0.4, -0.2) is 73.1 Å². The molecule has 3 heterocycles. The summed E-state index contributed by atoms with van der Waals surface area (Å²) in [5.41, 5.74) is 6.48. The predicted octanol–water partition coefficient (Wildman–Crippen LogP) is 0.779. The summed E-state index contributed by atoms with van der Waals surface area (Å²) in [4.78, 5) is 5.35. The van der Waals surface area contributed by atoms with E-state index in [1.165, 1.54) is 45.4 Å². The van der Waals surface area contributed by atoms with Crippen LogP contribution < -0.4 is 5.73 Å². The van der Waals surface area contributed by atoms with Crippen LogP contribution >= 0.6 is 0 Å². The molecule has 3 aliphatic heterocycles. The van der Waals surface area contributed by atoms with Crippen LogP contribution in [0.15, 0.2) is 0 Å². The Morgan fingerprint density at radius 2 is 1.71 bits per heavy atom. The lowest BCUT2D eigenvalue weighted by atomic mass is 9.85. The standard InChI is InChI=1S/C16H29N3O2/c17-14-4-5-16(20-9-10-21-16)11-15(14)19-8-2-7-18-6-1-3-13(18)12-19/h13-15H,1-12,17H2. The summed E-state index contributed by atoms with van der Waals surface area (Å²) in [6.45, 7) is 6.43. The number of hydrogen-bond donors (Lipinski definition) is 1. The summed E-state index contributed by atoms with van der Waals surface area (Å²) in [6.07, 6.45) is 6.95. The molecule has 21 heavy (non-hydrogen) atoms. The topological polar surface area (TPSA) is 51.0 Å². The number of hydrogen-bond acceptors (Lipinski definition) is 5. The molecule has 0 radical (unpaired) electrons. The largest absolute Gasteiger partial charge is 0.347 e. The van der Waals surface area contributed by atoms with Gasteiger partial charge in [-0.2, -0.15) is 0 Å². The number of nitrogens with two attached hydrogens (primary N) is 1. The van der Waals surface area contributed by atoms with Gasteiger partial charge in [-0.1, -0.05) is 0 Å². The third kappa shape index (κ3) is 2.75. The molecular formula is C16H29N3O2. The smallest absolute Gasteiger partial charge is 0.170 e. The van der Waals surface area contributed by atoms with Gasteiger partial charge in [-0.3, -0.25) is 9.80 Å². The molecule has 0 amide bonds. The van der Waals surface area contributed by atoms with Crippen LogP contribution in [-0.2, 0) is 9.47 Å². The molecule has 0 aromatic heterocycles. The Labute approximate surface area is 127 Å². The average molecular weight is 295 g/mol. The number of rotatable bonds is 1. The molecule has 5 heteroatoms. The van der Waals surface area contributed by atoms with Gasteiger partial charge in [0.15, 0.2) is 5.79 Å². The van der Waals surface area contributed by atoms with Crippen LogP contribution in [0.25, 0.3) is 0 Å². The van der Waals surface area contributed by atoms with Crippen molar-refractivity contribution in [3.05, 3.63) is 0 Å². The second-order valence-corrected chi connectivity index (χ2v) is 7.26. The first kappa shape index (κ1) is 14.4. The third-order valence-electron chi connectivity index (χ3n) is 5.99. The predicted molar refractivity (Wildman–Crippen MR) is 81.0 cm³/mol. The van der Waals surface area contributed by atoms with E-state index in [9.17, 15) is 0 Å². The summed E-state index contributed by atoms with van der Waals surface area (Å²) < 4.78 is 11.9. The molecule has 3 atom stereocenters. The molecule has 1 spiro atoms. The molecule has 4 aliphatic rings. The lowest BCUT2D eigenvalue weighted by Gasteiger charge is -2.45. The molecule has 1 aliphatic carbocycles. The molecule has 0 aromatic rings. The van der Waals surface area contributed by atoms with Gasteiger partial charge >= 0.3 is 0 Å². The monoisotopic (exact) mass is 295 g/mol. The van der Waals surface area contributed by atoms with Crippen molar-refractivity contribution in [3.63, 3.8) is 0 Å². The van der Waals surface area contributed by atoms with E-state index >= 15 is 0 Å². The molecule has 3 unspecified atom stereocenters. The highest BCUT2D eigenvalue weighted by atomic mass is 16.7. The lowest BCUT2D eigenvalue weighted by Crippen LogP contribution is -2.57. The van der Waals surface area contributed by atoms with Crippen molar-refractivity contribution in [2.45, 2.75) is 62.4 Å². The zero-order valence-corrected chi connectivity index (χ0v) is 13.0. The SMILES string of the molecule is NC1CCC2(CC1N1CCCN3CCCC3C1)OCCO2. The van der Waals surface area contributed by atoms with E-state index in [2.05, 4.69) is 9.80 Å². The van der Waals surface area contributed by atoms with Gasteiger partial charge in [-0.25, -0.2) is 0 Å². The van der Waals surface area contributed by atoms with Gasteiger partial charge in [0.05, 0.1) is 13.2 Å². The Bertz CT molecular complexity index is 373. The fraction of sp³-hybridized carbons (Fsp3) is 1.00. The average Bonchev–Trinajstić information content (AvgIpc) is 3.08. The van der Waals surface area contributed by atoms with Crippen molar-refractivity contribution in [2.75, 3.05) is 39.4 Å². The molecule has 0 aromatic carbocycles. The van der Waals surface area contributed by atoms with Gasteiger partial charge in [-0.05, 0) is 45.3 Å². The van der Waals surface area contributed by atoms with E-state index in [-0.39, 0.29) is 11.8 Å². The fourth-order valence-electron chi connectivity index (χ4n) is 4.85. The quantitative estimate of drug-likeness (QED) is 0.775. The van der Waals surface area contributed by atoms with Crippen molar-refractivity contribution >= 4 is 0 Å². The van der Waals surface area contributed by atoms with Crippen LogP contribution in [0.4, 0.5) is 0 Å². The number of nitrogens with zero attached hydrogens (tertiary/aromatic N) is 2. The van der Waals surface area contributed by atoms with Gasteiger partial charge in [0, 0.05) is 37.5 Å². The van der Waals surface area contributed by atoms with Gasteiger partial charge in [0.1, 0.15) is 0 Å². The number of ether oxygens (including phenoxy) is 2. The highest BCUT2D eigenvalue weighted by Crippen LogP contribution is 2.38. The van der Waals surface area contributed by atoms with E-state index in [1.54, 1.807) is 0 Å². The molecule has 5 nitrogen and oxygen atoms in total. The normalized spacial score (nSPS) is 41.3. The van der Waals surface area contributed by atoms with Crippen molar-refractivity contribution in [1.82, 2.24) is 9.80 Å². The minimum Gasteiger partial charge on any atom is -0.347 e. The van der Waals surface area contributed by atoms with Crippen molar-refractivity contribution in [3.8, 4) is 0 Å². The second-order valence-electron chi connectivity index (χ2n) is 7.26. The molecule has 1 saturated carbocycles. The van der Waals surface area contributed by atoms with E-state index < -0.39 is 0 Å². The van der Waals surface area contributed by atoms with Gasteiger partial charge in [0.25, 0.3) is 0 Å². The summed E-state index contributed by atoms with van der Waals surface area (Å²) in [5.74, 6) is -0.317. The first-order valence-corrected chi connectivity index (χ1v) is 8.77. The summed E-state index contributed by atoms with van der Waals surface area (Å²) in [5, 5.41) is 0. The highest BCUT2D eigenvalue weighted by Gasteiger charge is 2.46. The zero-order chi connectivity index (χ0) is 14.3. The molecule has 3 saturated heterocycles. The van der Waals surface area contributed by atoms with E-state index in [1.807, 2.05) is 0 Å². The summed E-state index contributed by atoms with van der Waals surface area (Å²) in [7, 11) is 0. The Morgan fingerprint density at radius 1 is 0.952 bits per heavy atom. The third-order valence-corrected chi connectivity index (χ3v) is 5.99. The van der Waals surface area contributed by atoms with Gasteiger partial charge in [0.2, 0.25) is 0 Å². The Morgan fingerprint density at radius 3 is 2.57 bits per heavy atom. The second kappa shape index (κ2) is 5.78. The number of fused-ring (bicyclic) bond motifs is 1. The Hall–Kier alpha value is -0.200. The maximum atomic E-state index is 6.48. The molecule has 4 rings (SSSR count). The molecular weight excluding hydrogens is 266 g/mol. The van der Waals surface area contributed by atoms with Crippen LogP contribution in [0, 0.1) is 0 Å². The Balaban J connectivity index is 1.47. The Kier molecular flexibility index (Phi) is 3.96. The van der Waals surface area contributed by atoms with E-state index in [4.69, 9.17) is 15.2 Å². The minimum atomic E-state index is -0.317. The molecule has 120 valence electrons. The van der Waals surface area contributed by atoms with Crippen LogP contribution in [0.3, 0.4) is 0 Å². The van der Waals surface area contributed by atoms with E-state index in [0.29, 0.717) is 6.04 Å². The van der Waals surface area contributed by atoms with Crippen LogP contribution in [0.2, 0.25) is 0 Å². The maximum absolute atomic E-state index is 6.48. The molecule has 4 fully saturated rings. The first-order chi connectivity index (χ1) is 10.3. The van der Waals surface area contributed by atoms with Crippen molar-refractivity contribution in [2.24, 2.45) is 5.73 Å². The van der Waals surface area contributed by atoms with Crippen LogP contribution in [0.5, 0.6) is 0 Å². The molecule has 2 N–H and O–H groups in total. The fourth-order valence-corrected chi connectivity index (χ4v) is 4.85. The summed E-state index contributed by atoms with van der Waals surface area (Å²) in [6, 6.07) is 1.46. The van der Waals surface area contributed by atoms with E-state index in [0.717, 1.165) is 38.5 Å². The lowest BCUT2D eigenvalue weighted by molar-refractivity contribution is -0.192. The molecule has 0 bridgehead atoms. The van der Waals surface area contributed by atoms with Gasteiger partial charge < -0.3 is 15.2 Å².